The molecule has 0 radical (unpaired) electrons. The highest BCUT2D eigenvalue weighted by Gasteiger charge is 2.32. The molecule has 82 valence electrons. The number of carbonyl (C=O) groups excluding carboxylic acids is 1. The third-order valence-corrected chi connectivity index (χ3v) is 3.41. The lowest BCUT2D eigenvalue weighted by Gasteiger charge is -2.17. The standard InChI is InChI=1S/C9H16O4S/c1-5-6-7-8(10)13-14(11,12)9(2,3)4/h5H,1,6-7H2,2-4H3. The van der Waals surface area contributed by atoms with Gasteiger partial charge in [-0.2, -0.15) is 8.42 Å². The summed E-state index contributed by atoms with van der Waals surface area (Å²) in [6, 6.07) is 0. The Kier molecular flexibility index (Phi) is 4.32. The van der Waals surface area contributed by atoms with Gasteiger partial charge in [0.05, 0.1) is 11.2 Å². The predicted molar refractivity (Wildman–Crippen MR) is 54.2 cm³/mol. The zero-order chi connectivity index (χ0) is 11.4. The zero-order valence-corrected chi connectivity index (χ0v) is 9.56. The fourth-order valence-electron chi connectivity index (χ4n) is 0.509. The van der Waals surface area contributed by atoms with Gasteiger partial charge in [-0.3, -0.25) is 4.79 Å². The molecule has 0 aliphatic heterocycles. The Balaban J connectivity index is 4.39. The quantitative estimate of drug-likeness (QED) is 0.533. The summed E-state index contributed by atoms with van der Waals surface area (Å²) < 4.78 is 26.0. The van der Waals surface area contributed by atoms with Gasteiger partial charge in [-0.05, 0) is 27.2 Å². The minimum Gasteiger partial charge on any atom is -0.345 e. The molecule has 0 aromatic heterocycles. The van der Waals surface area contributed by atoms with E-state index in [4.69, 9.17) is 0 Å². The molecular formula is C9H16O4S. The van der Waals surface area contributed by atoms with Crippen LogP contribution in [-0.2, 0) is 19.1 Å². The van der Waals surface area contributed by atoms with Gasteiger partial charge in [0, 0.05) is 0 Å². The Morgan fingerprint density at radius 2 is 1.93 bits per heavy atom. The minimum atomic E-state index is -3.81. The molecule has 5 heteroatoms. The van der Waals surface area contributed by atoms with Crippen molar-refractivity contribution in [2.45, 2.75) is 38.4 Å². The van der Waals surface area contributed by atoms with Gasteiger partial charge >= 0.3 is 16.1 Å². The SMILES string of the molecule is C=CCCC(=O)OS(=O)(=O)C(C)(C)C. The van der Waals surface area contributed by atoms with Crippen LogP contribution in [0.2, 0.25) is 0 Å². The monoisotopic (exact) mass is 220 g/mol. The third-order valence-electron chi connectivity index (χ3n) is 1.51. The maximum atomic E-state index is 11.4. The second-order valence-corrected chi connectivity index (χ2v) is 6.15. The van der Waals surface area contributed by atoms with Gasteiger partial charge in [0.15, 0.2) is 0 Å². The normalized spacial score (nSPS) is 12.2. The van der Waals surface area contributed by atoms with Gasteiger partial charge in [-0.25, -0.2) is 0 Å². The van der Waals surface area contributed by atoms with E-state index in [-0.39, 0.29) is 6.42 Å². The Hall–Kier alpha value is -0.840. The molecule has 4 nitrogen and oxygen atoms in total. The highest BCUT2D eigenvalue weighted by Crippen LogP contribution is 2.17. The molecule has 0 fully saturated rings. The maximum absolute atomic E-state index is 11.4. The van der Waals surface area contributed by atoms with Crippen molar-refractivity contribution in [1.82, 2.24) is 0 Å². The molecule has 0 aliphatic carbocycles. The molecule has 0 N–H and O–H groups in total. The van der Waals surface area contributed by atoms with Crippen LogP contribution in [0.5, 0.6) is 0 Å². The fraction of sp³-hybridized carbons (Fsp3) is 0.667. The summed E-state index contributed by atoms with van der Waals surface area (Å²) in [6.45, 7) is 7.85. The summed E-state index contributed by atoms with van der Waals surface area (Å²) >= 11 is 0. The van der Waals surface area contributed by atoms with Crippen LogP contribution in [0.4, 0.5) is 0 Å². The van der Waals surface area contributed by atoms with Crippen LogP contribution in [0, 0.1) is 0 Å². The van der Waals surface area contributed by atoms with Crippen LogP contribution in [0.3, 0.4) is 0 Å². The topological polar surface area (TPSA) is 60.4 Å². The summed E-state index contributed by atoms with van der Waals surface area (Å²) in [4.78, 5) is 11.0. The van der Waals surface area contributed by atoms with Crippen molar-refractivity contribution in [3.63, 3.8) is 0 Å². The second kappa shape index (κ2) is 4.59. The van der Waals surface area contributed by atoms with Crippen molar-refractivity contribution in [2.75, 3.05) is 0 Å². The van der Waals surface area contributed by atoms with Crippen LogP contribution >= 0.6 is 0 Å². The van der Waals surface area contributed by atoms with E-state index >= 15 is 0 Å². The predicted octanol–water partition coefficient (Wildman–Crippen LogP) is 1.62. The largest absolute Gasteiger partial charge is 0.345 e. The molecule has 0 bridgehead atoms. The van der Waals surface area contributed by atoms with Crippen molar-refractivity contribution in [1.29, 1.82) is 0 Å². The van der Waals surface area contributed by atoms with Crippen LogP contribution in [-0.4, -0.2) is 19.1 Å². The van der Waals surface area contributed by atoms with E-state index in [0.717, 1.165) is 0 Å². The van der Waals surface area contributed by atoms with E-state index in [1.807, 2.05) is 0 Å². The van der Waals surface area contributed by atoms with Crippen molar-refractivity contribution in [3.05, 3.63) is 12.7 Å². The van der Waals surface area contributed by atoms with Crippen LogP contribution in [0.15, 0.2) is 12.7 Å². The van der Waals surface area contributed by atoms with Gasteiger partial charge < -0.3 is 4.18 Å². The zero-order valence-electron chi connectivity index (χ0n) is 8.74. The molecule has 0 atom stereocenters. The average molecular weight is 220 g/mol. The van der Waals surface area contributed by atoms with Crippen molar-refractivity contribution in [3.8, 4) is 0 Å². The van der Waals surface area contributed by atoms with E-state index in [2.05, 4.69) is 10.8 Å². The molecule has 0 saturated carbocycles. The molecule has 0 spiro atoms. The van der Waals surface area contributed by atoms with Crippen LogP contribution < -0.4 is 0 Å². The Morgan fingerprint density at radius 1 is 1.43 bits per heavy atom. The van der Waals surface area contributed by atoms with Crippen LogP contribution in [0.1, 0.15) is 33.6 Å². The average Bonchev–Trinajstić information content (AvgIpc) is 1.97. The second-order valence-electron chi connectivity index (χ2n) is 3.85. The summed E-state index contributed by atoms with van der Waals surface area (Å²) in [5, 5.41) is 0. The Morgan fingerprint density at radius 3 is 2.29 bits per heavy atom. The maximum Gasteiger partial charge on any atom is 0.322 e. The summed E-state index contributed by atoms with van der Waals surface area (Å²) in [6.07, 6.45) is 1.99. The first-order valence-corrected chi connectivity index (χ1v) is 5.69. The number of carbonyl (C=O) groups is 1. The highest BCUT2D eigenvalue weighted by atomic mass is 32.2. The smallest absolute Gasteiger partial charge is 0.322 e. The molecule has 0 aromatic rings. The first kappa shape index (κ1) is 13.2. The van der Waals surface area contributed by atoms with Gasteiger partial charge in [0.25, 0.3) is 0 Å². The Labute approximate surface area is 85.1 Å². The lowest BCUT2D eigenvalue weighted by molar-refractivity contribution is -0.133. The van der Waals surface area contributed by atoms with E-state index in [9.17, 15) is 13.2 Å². The van der Waals surface area contributed by atoms with Crippen molar-refractivity contribution >= 4 is 16.1 Å². The molecule has 0 amide bonds. The molecule has 0 unspecified atom stereocenters. The van der Waals surface area contributed by atoms with Gasteiger partial charge in [0.1, 0.15) is 0 Å². The lowest BCUT2D eigenvalue weighted by Crippen LogP contribution is -2.31. The van der Waals surface area contributed by atoms with Crippen molar-refractivity contribution < 1.29 is 17.4 Å². The number of rotatable bonds is 4. The first-order chi connectivity index (χ1) is 6.20. The van der Waals surface area contributed by atoms with Crippen LogP contribution in [0.25, 0.3) is 0 Å². The van der Waals surface area contributed by atoms with Crippen molar-refractivity contribution in [2.24, 2.45) is 0 Å². The van der Waals surface area contributed by atoms with E-state index in [0.29, 0.717) is 6.42 Å². The lowest BCUT2D eigenvalue weighted by atomic mass is 10.3. The number of allylic oxidation sites excluding steroid dienone is 1. The van der Waals surface area contributed by atoms with E-state index < -0.39 is 20.8 Å². The van der Waals surface area contributed by atoms with E-state index in [1.165, 1.54) is 26.8 Å². The summed E-state index contributed by atoms with van der Waals surface area (Å²) in [5.74, 6) is -0.736. The van der Waals surface area contributed by atoms with Gasteiger partial charge in [-0.15, -0.1) is 6.58 Å². The molecule has 0 saturated heterocycles. The molecule has 0 aromatic carbocycles. The summed E-state index contributed by atoms with van der Waals surface area (Å²) in [5.41, 5.74) is 0. The molecule has 0 rings (SSSR count). The van der Waals surface area contributed by atoms with Gasteiger partial charge in [-0.1, -0.05) is 6.08 Å². The Bertz CT molecular complexity index is 308. The molecule has 0 aliphatic rings. The van der Waals surface area contributed by atoms with E-state index in [1.54, 1.807) is 0 Å². The highest BCUT2D eigenvalue weighted by molar-refractivity contribution is 7.88. The van der Waals surface area contributed by atoms with Gasteiger partial charge in [0.2, 0.25) is 0 Å². The third kappa shape index (κ3) is 3.91. The number of hydrogen-bond acceptors (Lipinski definition) is 4. The minimum absolute atomic E-state index is 0.0405. The summed E-state index contributed by atoms with van der Waals surface area (Å²) in [7, 11) is -3.81. The first-order valence-electron chi connectivity index (χ1n) is 4.28. The molecule has 14 heavy (non-hydrogen) atoms. The molecular weight excluding hydrogens is 204 g/mol. The fourth-order valence-corrected chi connectivity index (χ4v) is 1.09. The molecule has 0 heterocycles. The number of hydrogen-bond donors (Lipinski definition) is 0.